The molecule has 1 amide bonds. The average Bonchev–Trinajstić information content (AvgIpc) is 2.62. The second-order valence-corrected chi connectivity index (χ2v) is 5.88. The Kier molecular flexibility index (Phi) is 9.67. The summed E-state index contributed by atoms with van der Waals surface area (Å²) < 4.78 is 0. The number of allylic oxidation sites excluding steroid dienone is 2. The van der Waals surface area contributed by atoms with Crippen LogP contribution in [-0.2, 0) is 11.3 Å². The van der Waals surface area contributed by atoms with Gasteiger partial charge in [-0.3, -0.25) is 14.8 Å². The van der Waals surface area contributed by atoms with E-state index in [1.807, 2.05) is 12.1 Å². The Bertz CT molecular complexity index is 645. The minimum atomic E-state index is -0.392. The lowest BCUT2D eigenvalue weighted by atomic mass is 10.2. The van der Waals surface area contributed by atoms with E-state index in [1.165, 1.54) is 17.8 Å². The Balaban J connectivity index is 3.21. The molecule has 1 aromatic heterocycles. The van der Waals surface area contributed by atoms with Gasteiger partial charge in [0.25, 0.3) is 0 Å². The summed E-state index contributed by atoms with van der Waals surface area (Å²) in [6, 6.07) is 3.34. The third-order valence-electron chi connectivity index (χ3n) is 2.87. The lowest BCUT2D eigenvalue weighted by molar-refractivity contribution is -0.109. The molecule has 0 saturated carbocycles. The molecule has 1 heterocycles. The SMILES string of the molecule is C=C/C(Cl)=C(/Sc1ncccc1CN)C(CNC=O)N=CC=NC. The molecule has 0 bridgehead atoms. The summed E-state index contributed by atoms with van der Waals surface area (Å²) in [7, 11) is 1.65. The van der Waals surface area contributed by atoms with Gasteiger partial charge >= 0.3 is 0 Å². The van der Waals surface area contributed by atoms with Crippen molar-refractivity contribution in [2.75, 3.05) is 13.6 Å². The van der Waals surface area contributed by atoms with Gasteiger partial charge in [-0.25, -0.2) is 4.98 Å². The fourth-order valence-electron chi connectivity index (χ4n) is 1.73. The minimum Gasteiger partial charge on any atom is -0.356 e. The van der Waals surface area contributed by atoms with Crippen molar-refractivity contribution in [1.29, 1.82) is 0 Å². The molecule has 8 heteroatoms. The number of carbonyl (C=O) groups is 1. The van der Waals surface area contributed by atoms with E-state index in [1.54, 1.807) is 25.7 Å². The van der Waals surface area contributed by atoms with E-state index in [2.05, 4.69) is 26.9 Å². The molecule has 1 aromatic rings. The van der Waals surface area contributed by atoms with Crippen LogP contribution in [0, 0.1) is 0 Å². The molecule has 0 aliphatic carbocycles. The van der Waals surface area contributed by atoms with Crippen LogP contribution >= 0.6 is 23.4 Å². The zero-order valence-electron chi connectivity index (χ0n) is 13.4. The van der Waals surface area contributed by atoms with Crippen LogP contribution in [0.3, 0.4) is 0 Å². The number of amides is 1. The first kappa shape index (κ1) is 20.1. The number of hydrogen-bond donors (Lipinski definition) is 2. The van der Waals surface area contributed by atoms with Gasteiger partial charge in [-0.15, -0.1) is 0 Å². The van der Waals surface area contributed by atoms with Crippen molar-refractivity contribution in [3.05, 3.63) is 46.5 Å². The van der Waals surface area contributed by atoms with Gasteiger partial charge in [0, 0.05) is 43.7 Å². The summed E-state index contributed by atoms with van der Waals surface area (Å²) in [5, 5.41) is 3.81. The number of nitrogens with zero attached hydrogens (tertiary/aromatic N) is 3. The summed E-state index contributed by atoms with van der Waals surface area (Å²) in [6.07, 6.45) is 6.96. The average molecular weight is 366 g/mol. The Hall–Kier alpha value is -1.96. The van der Waals surface area contributed by atoms with E-state index in [0.717, 1.165) is 15.5 Å². The van der Waals surface area contributed by atoms with Crippen molar-refractivity contribution in [2.45, 2.75) is 17.6 Å². The Morgan fingerprint density at radius 2 is 2.38 bits per heavy atom. The van der Waals surface area contributed by atoms with Crippen LogP contribution in [0.25, 0.3) is 0 Å². The number of thioether (sulfide) groups is 1. The maximum absolute atomic E-state index is 10.7. The molecule has 0 aromatic carbocycles. The van der Waals surface area contributed by atoms with Crippen molar-refractivity contribution >= 4 is 42.2 Å². The van der Waals surface area contributed by atoms with E-state index >= 15 is 0 Å². The first-order valence-electron chi connectivity index (χ1n) is 7.12. The summed E-state index contributed by atoms with van der Waals surface area (Å²) in [6.45, 7) is 4.35. The molecule has 0 saturated heterocycles. The highest BCUT2D eigenvalue weighted by molar-refractivity contribution is 8.03. The van der Waals surface area contributed by atoms with Crippen molar-refractivity contribution in [3.8, 4) is 0 Å². The van der Waals surface area contributed by atoms with Crippen LogP contribution in [-0.4, -0.2) is 43.5 Å². The van der Waals surface area contributed by atoms with Gasteiger partial charge < -0.3 is 11.1 Å². The zero-order valence-corrected chi connectivity index (χ0v) is 14.9. The predicted octanol–water partition coefficient (Wildman–Crippen LogP) is 2.15. The second-order valence-electron chi connectivity index (χ2n) is 4.44. The normalized spacial score (nSPS) is 13.8. The molecule has 1 atom stereocenters. The number of aromatic nitrogens is 1. The first-order chi connectivity index (χ1) is 11.7. The zero-order chi connectivity index (χ0) is 17.8. The quantitative estimate of drug-likeness (QED) is 0.287. The molecule has 1 unspecified atom stereocenters. The number of pyridine rings is 1. The number of rotatable bonds is 10. The van der Waals surface area contributed by atoms with Crippen molar-refractivity contribution in [1.82, 2.24) is 10.3 Å². The smallest absolute Gasteiger partial charge is 0.207 e. The van der Waals surface area contributed by atoms with Gasteiger partial charge in [-0.05, 0) is 17.7 Å². The van der Waals surface area contributed by atoms with Crippen LogP contribution in [0.1, 0.15) is 5.56 Å². The lowest BCUT2D eigenvalue weighted by Gasteiger charge is -2.17. The third kappa shape index (κ3) is 6.27. The van der Waals surface area contributed by atoms with E-state index in [0.29, 0.717) is 18.0 Å². The standard InChI is InChI=1S/C16H20ClN5OS/c1-3-13(17)15(14(10-20-11-23)21-8-7-19-2)24-16-12(9-18)5-4-6-22-16/h3-8,11,14H,1,9-10,18H2,2H3,(H,20,23)/b15-13-,19-7?,21-8?. The Morgan fingerprint density at radius 3 is 3.00 bits per heavy atom. The number of hydrogen-bond acceptors (Lipinski definition) is 6. The van der Waals surface area contributed by atoms with E-state index in [-0.39, 0.29) is 6.54 Å². The molecule has 128 valence electrons. The Morgan fingerprint density at radius 1 is 1.58 bits per heavy atom. The molecule has 6 nitrogen and oxygen atoms in total. The molecule has 1 rings (SSSR count). The topological polar surface area (TPSA) is 92.7 Å². The van der Waals surface area contributed by atoms with Crippen LogP contribution in [0.2, 0.25) is 0 Å². The summed E-state index contributed by atoms with van der Waals surface area (Å²) in [5.41, 5.74) is 6.66. The fraction of sp³-hybridized carbons (Fsp3) is 0.250. The van der Waals surface area contributed by atoms with Crippen molar-refractivity contribution in [2.24, 2.45) is 15.7 Å². The summed E-state index contributed by atoms with van der Waals surface area (Å²) >= 11 is 7.68. The maximum Gasteiger partial charge on any atom is 0.207 e. The van der Waals surface area contributed by atoms with E-state index in [4.69, 9.17) is 17.3 Å². The highest BCUT2D eigenvalue weighted by Gasteiger charge is 2.19. The Labute approximate surface area is 151 Å². The number of aliphatic imine (C=N–C) groups is 2. The molecule has 24 heavy (non-hydrogen) atoms. The van der Waals surface area contributed by atoms with Crippen molar-refractivity contribution < 1.29 is 4.79 Å². The first-order valence-corrected chi connectivity index (χ1v) is 8.32. The lowest BCUT2D eigenvalue weighted by Crippen LogP contribution is -2.26. The third-order valence-corrected chi connectivity index (χ3v) is 4.61. The van der Waals surface area contributed by atoms with Gasteiger partial charge in [0.15, 0.2) is 0 Å². The number of nitrogens with two attached hydrogens (primary N) is 1. The number of halogens is 1. The molecule has 0 radical (unpaired) electrons. The maximum atomic E-state index is 10.7. The second kappa shape index (κ2) is 11.6. The van der Waals surface area contributed by atoms with Gasteiger partial charge in [0.2, 0.25) is 6.41 Å². The largest absolute Gasteiger partial charge is 0.356 e. The molecule has 0 spiro atoms. The van der Waals surface area contributed by atoms with E-state index < -0.39 is 6.04 Å². The highest BCUT2D eigenvalue weighted by Crippen LogP contribution is 2.34. The van der Waals surface area contributed by atoms with Gasteiger partial charge in [0.1, 0.15) is 5.03 Å². The molecular weight excluding hydrogens is 346 g/mol. The monoisotopic (exact) mass is 365 g/mol. The molecular formula is C16H20ClN5OS. The fourth-order valence-corrected chi connectivity index (χ4v) is 3.04. The number of nitrogens with one attached hydrogen (secondary N) is 1. The van der Waals surface area contributed by atoms with Crippen molar-refractivity contribution in [3.63, 3.8) is 0 Å². The van der Waals surface area contributed by atoms with E-state index in [9.17, 15) is 4.79 Å². The van der Waals surface area contributed by atoms with Gasteiger partial charge in [-0.2, -0.15) is 0 Å². The highest BCUT2D eigenvalue weighted by atomic mass is 35.5. The molecule has 0 fully saturated rings. The molecule has 3 N–H and O–H groups in total. The molecule has 0 aliphatic rings. The van der Waals surface area contributed by atoms with Crippen LogP contribution < -0.4 is 11.1 Å². The van der Waals surface area contributed by atoms with Gasteiger partial charge in [-0.1, -0.05) is 36.0 Å². The molecule has 0 aliphatic heterocycles. The predicted molar refractivity (Wildman–Crippen MR) is 102 cm³/mol. The summed E-state index contributed by atoms with van der Waals surface area (Å²) in [4.78, 5) is 24.0. The van der Waals surface area contributed by atoms with Crippen LogP contribution in [0.15, 0.2) is 55.9 Å². The van der Waals surface area contributed by atoms with Crippen LogP contribution in [0.4, 0.5) is 0 Å². The van der Waals surface area contributed by atoms with Crippen LogP contribution in [0.5, 0.6) is 0 Å². The van der Waals surface area contributed by atoms with Gasteiger partial charge in [0.05, 0.1) is 11.1 Å². The number of carbonyl (C=O) groups excluding carboxylic acids is 1. The summed E-state index contributed by atoms with van der Waals surface area (Å²) in [5.74, 6) is 0. The minimum absolute atomic E-state index is 0.286.